The lowest BCUT2D eigenvalue weighted by Gasteiger charge is -2.16. The maximum absolute atomic E-state index is 13.2. The molecule has 3 nitrogen and oxygen atoms in total. The van der Waals surface area contributed by atoms with Crippen molar-refractivity contribution in [2.45, 2.75) is 17.9 Å². The van der Waals surface area contributed by atoms with Crippen molar-refractivity contribution >= 4 is 18.2 Å². The van der Waals surface area contributed by atoms with Crippen molar-refractivity contribution in [1.29, 1.82) is 0 Å². The van der Waals surface area contributed by atoms with Gasteiger partial charge in [0.1, 0.15) is 11.6 Å². The van der Waals surface area contributed by atoms with Gasteiger partial charge in [0, 0.05) is 47.6 Å². The molecule has 3 aromatic carbocycles. The summed E-state index contributed by atoms with van der Waals surface area (Å²) in [5, 5.41) is 0. The number of rotatable bonds is 7. The highest BCUT2D eigenvalue weighted by Crippen LogP contribution is 2.30. The summed E-state index contributed by atoms with van der Waals surface area (Å²) in [4.78, 5) is 3.29. The molecule has 0 aliphatic carbocycles. The molecule has 4 rings (SSSR count). The van der Waals surface area contributed by atoms with E-state index in [1.165, 1.54) is 29.6 Å². The minimum absolute atomic E-state index is 0.223. The van der Waals surface area contributed by atoms with Gasteiger partial charge in [-0.05, 0) is 48.4 Å². The molecule has 154 valence electrons. The molecule has 3 aromatic rings. The van der Waals surface area contributed by atoms with E-state index in [1.807, 2.05) is 30.5 Å². The van der Waals surface area contributed by atoms with Crippen LogP contribution < -0.4 is 4.74 Å². The first-order chi connectivity index (χ1) is 14.7. The first-order valence-corrected chi connectivity index (χ1v) is 10.9. The summed E-state index contributed by atoms with van der Waals surface area (Å²) >= 11 is 1.33. The van der Waals surface area contributed by atoms with Crippen LogP contribution in [0.15, 0.2) is 82.1 Å². The molecular weight excluding hydrogens is 395 g/mol. The Morgan fingerprint density at radius 1 is 1.10 bits per heavy atom. The van der Waals surface area contributed by atoms with Crippen LogP contribution >= 0.6 is 11.9 Å². The van der Waals surface area contributed by atoms with Gasteiger partial charge in [0.05, 0.1) is 7.11 Å². The van der Waals surface area contributed by atoms with E-state index < -0.39 is 0 Å². The number of ether oxygens (including phenoxy) is 1. The lowest BCUT2D eigenvalue weighted by molar-refractivity contribution is 0.327. The highest BCUT2D eigenvalue weighted by Gasteiger charge is 2.21. The van der Waals surface area contributed by atoms with E-state index in [0.717, 1.165) is 47.8 Å². The smallest absolute Gasteiger partial charge is 0.126 e. The minimum atomic E-state index is -0.223. The summed E-state index contributed by atoms with van der Waals surface area (Å²) in [6.07, 6.45) is 3.12. The second-order valence-electron chi connectivity index (χ2n) is 7.48. The SMILES string of the molecule is COc1ccccc1-c1ccc(CN2CCC(C=NSc3cccc(F)c3)C2)cc1. The Kier molecular flexibility index (Phi) is 6.82. The van der Waals surface area contributed by atoms with Crippen molar-refractivity contribution in [3.05, 3.63) is 84.2 Å². The molecular formula is C25H25FN2OS. The van der Waals surface area contributed by atoms with Gasteiger partial charge in [-0.15, -0.1) is 0 Å². The highest BCUT2D eigenvalue weighted by molar-refractivity contribution is 7.98. The molecule has 1 aliphatic heterocycles. The maximum atomic E-state index is 13.2. The predicted octanol–water partition coefficient (Wildman–Crippen LogP) is 6.10. The van der Waals surface area contributed by atoms with Crippen LogP contribution in [0.2, 0.25) is 0 Å². The Balaban J connectivity index is 1.30. The fourth-order valence-electron chi connectivity index (χ4n) is 3.76. The predicted molar refractivity (Wildman–Crippen MR) is 123 cm³/mol. The van der Waals surface area contributed by atoms with Gasteiger partial charge in [-0.2, -0.15) is 0 Å². The highest BCUT2D eigenvalue weighted by atomic mass is 32.2. The van der Waals surface area contributed by atoms with Gasteiger partial charge in [0.15, 0.2) is 0 Å². The molecule has 30 heavy (non-hydrogen) atoms. The molecule has 0 amide bonds. The summed E-state index contributed by atoms with van der Waals surface area (Å²) < 4.78 is 23.2. The number of hydrogen-bond acceptors (Lipinski definition) is 4. The zero-order valence-corrected chi connectivity index (χ0v) is 17.8. The van der Waals surface area contributed by atoms with Crippen LogP contribution in [0.5, 0.6) is 5.75 Å². The molecule has 0 radical (unpaired) electrons. The summed E-state index contributed by atoms with van der Waals surface area (Å²) in [6, 6.07) is 23.4. The third kappa shape index (κ3) is 5.29. The van der Waals surface area contributed by atoms with Crippen molar-refractivity contribution in [3.63, 3.8) is 0 Å². The van der Waals surface area contributed by atoms with Gasteiger partial charge in [-0.1, -0.05) is 48.5 Å². The van der Waals surface area contributed by atoms with E-state index in [2.05, 4.69) is 39.6 Å². The van der Waals surface area contributed by atoms with E-state index in [-0.39, 0.29) is 5.82 Å². The lowest BCUT2D eigenvalue weighted by atomic mass is 10.0. The van der Waals surface area contributed by atoms with Crippen molar-refractivity contribution in [1.82, 2.24) is 4.90 Å². The molecule has 1 atom stereocenters. The number of benzene rings is 3. The molecule has 1 fully saturated rings. The quantitative estimate of drug-likeness (QED) is 0.341. The van der Waals surface area contributed by atoms with E-state index in [4.69, 9.17) is 4.74 Å². The van der Waals surface area contributed by atoms with E-state index in [9.17, 15) is 4.39 Å². The molecule has 0 spiro atoms. The fraction of sp³-hybridized carbons (Fsp3) is 0.240. The normalized spacial score (nSPS) is 16.9. The Bertz CT molecular complexity index is 1010. The first kappa shape index (κ1) is 20.6. The second kappa shape index (κ2) is 9.92. The second-order valence-corrected chi connectivity index (χ2v) is 8.35. The fourth-order valence-corrected chi connectivity index (χ4v) is 4.42. The zero-order chi connectivity index (χ0) is 20.8. The number of hydrogen-bond donors (Lipinski definition) is 0. The summed E-state index contributed by atoms with van der Waals surface area (Å²) in [6.45, 7) is 3.00. The first-order valence-electron chi connectivity index (χ1n) is 10.1. The van der Waals surface area contributed by atoms with Crippen LogP contribution in [0.1, 0.15) is 12.0 Å². The Hall–Kier alpha value is -2.63. The Morgan fingerprint density at radius 2 is 1.93 bits per heavy atom. The average molecular weight is 421 g/mol. The standard InChI is InChI=1S/C25H25FN2OS/c1-29-25-8-3-2-7-24(25)21-11-9-19(10-12-21)17-28-14-13-20(18-28)16-27-30-23-6-4-5-22(26)15-23/h2-12,15-16,20H,13-14,17-18H2,1H3. The van der Waals surface area contributed by atoms with Gasteiger partial charge in [0.2, 0.25) is 0 Å². The largest absolute Gasteiger partial charge is 0.496 e. The molecule has 1 saturated heterocycles. The van der Waals surface area contributed by atoms with Crippen LogP contribution in [0.3, 0.4) is 0 Å². The Morgan fingerprint density at radius 3 is 2.73 bits per heavy atom. The molecule has 0 aromatic heterocycles. The number of likely N-dealkylation sites (tertiary alicyclic amines) is 1. The van der Waals surface area contributed by atoms with Crippen LogP contribution in [0, 0.1) is 11.7 Å². The third-order valence-corrected chi connectivity index (χ3v) is 6.00. The number of methoxy groups -OCH3 is 1. The van der Waals surface area contributed by atoms with Gasteiger partial charge in [-0.25, -0.2) is 8.79 Å². The number of nitrogens with zero attached hydrogens (tertiary/aromatic N) is 2. The molecule has 5 heteroatoms. The summed E-state index contributed by atoms with van der Waals surface area (Å²) in [7, 11) is 1.71. The number of para-hydroxylation sites is 1. The molecule has 0 N–H and O–H groups in total. The van der Waals surface area contributed by atoms with Crippen molar-refractivity contribution < 1.29 is 9.13 Å². The van der Waals surface area contributed by atoms with Crippen LogP contribution in [0.4, 0.5) is 4.39 Å². The summed E-state index contributed by atoms with van der Waals surface area (Å²) in [5.41, 5.74) is 3.58. The van der Waals surface area contributed by atoms with Crippen LogP contribution in [0.25, 0.3) is 11.1 Å². The number of halogens is 1. The van der Waals surface area contributed by atoms with E-state index in [0.29, 0.717) is 5.92 Å². The third-order valence-electron chi connectivity index (χ3n) is 5.31. The van der Waals surface area contributed by atoms with Gasteiger partial charge >= 0.3 is 0 Å². The van der Waals surface area contributed by atoms with Crippen LogP contribution in [-0.4, -0.2) is 31.3 Å². The van der Waals surface area contributed by atoms with Crippen molar-refractivity contribution in [2.75, 3.05) is 20.2 Å². The van der Waals surface area contributed by atoms with Crippen molar-refractivity contribution in [3.8, 4) is 16.9 Å². The minimum Gasteiger partial charge on any atom is -0.496 e. The molecule has 0 saturated carbocycles. The molecule has 1 heterocycles. The lowest BCUT2D eigenvalue weighted by Crippen LogP contribution is -2.20. The molecule has 1 aliphatic rings. The monoisotopic (exact) mass is 420 g/mol. The van der Waals surface area contributed by atoms with Crippen molar-refractivity contribution in [2.24, 2.45) is 10.3 Å². The van der Waals surface area contributed by atoms with Gasteiger partial charge < -0.3 is 4.74 Å². The van der Waals surface area contributed by atoms with E-state index in [1.54, 1.807) is 13.2 Å². The van der Waals surface area contributed by atoms with Gasteiger partial charge in [0.25, 0.3) is 0 Å². The Labute approximate surface area is 181 Å². The van der Waals surface area contributed by atoms with Crippen LogP contribution in [-0.2, 0) is 6.54 Å². The molecule has 1 unspecified atom stereocenters. The average Bonchev–Trinajstić information content (AvgIpc) is 3.21. The molecule has 0 bridgehead atoms. The topological polar surface area (TPSA) is 24.8 Å². The van der Waals surface area contributed by atoms with E-state index >= 15 is 0 Å². The zero-order valence-electron chi connectivity index (χ0n) is 17.0. The summed E-state index contributed by atoms with van der Waals surface area (Å²) in [5.74, 6) is 1.11. The maximum Gasteiger partial charge on any atom is 0.126 e. The van der Waals surface area contributed by atoms with Gasteiger partial charge in [-0.3, -0.25) is 4.90 Å².